The summed E-state index contributed by atoms with van der Waals surface area (Å²) in [5.74, 6) is -7.92. The fourth-order valence-electron chi connectivity index (χ4n) is 7.49. The Kier molecular flexibility index (Phi) is 92.9. The number of carbonyl (C=O) groups excluding carboxylic acids is 12. The Morgan fingerprint density at radius 2 is 0.537 bits per heavy atom. The monoisotopic (exact) mass is 1730 g/mol. The maximum Gasteiger partial charge on any atom is 0.330 e. The summed E-state index contributed by atoms with van der Waals surface area (Å²) in [5.41, 5.74) is 0. The maximum absolute atomic E-state index is 12.0. The molecule has 0 bridgehead atoms. The van der Waals surface area contributed by atoms with Crippen LogP contribution in [0.1, 0.15) is 272 Å². The highest BCUT2D eigenvalue weighted by Gasteiger charge is 2.37. The second-order valence-electron chi connectivity index (χ2n) is 27.6. The lowest BCUT2D eigenvalue weighted by molar-refractivity contribution is -0.160. The first-order chi connectivity index (χ1) is 57.2. The van der Waals surface area contributed by atoms with Crippen LogP contribution in [-0.2, 0) is 129 Å². The topological polar surface area (TPSA) is 499 Å². The molecule has 1 aliphatic rings. The molecule has 0 saturated heterocycles. The molecule has 1 rings (SSSR count). The van der Waals surface area contributed by atoms with E-state index in [2.05, 4.69) is 33.9 Å². The zero-order chi connectivity index (χ0) is 94.5. The van der Waals surface area contributed by atoms with Gasteiger partial charge in [-0.05, 0) is 109 Å². The van der Waals surface area contributed by atoms with Crippen molar-refractivity contribution in [3.63, 3.8) is 0 Å². The minimum absolute atomic E-state index is 0.0212. The molecular weight excluding hydrogens is 1580 g/mol. The van der Waals surface area contributed by atoms with Crippen LogP contribution < -0.4 is 0 Å². The van der Waals surface area contributed by atoms with Crippen LogP contribution in [0.4, 0.5) is 0 Å². The summed E-state index contributed by atoms with van der Waals surface area (Å²) in [6.45, 7) is 45.5. The van der Waals surface area contributed by atoms with E-state index in [1.54, 1.807) is 27.7 Å². The molecule has 11 atom stereocenters. The Morgan fingerprint density at radius 1 is 0.306 bits per heavy atom. The second-order valence-corrected chi connectivity index (χ2v) is 27.6. The summed E-state index contributed by atoms with van der Waals surface area (Å²) in [5, 5.41) is 50.2. The summed E-state index contributed by atoms with van der Waals surface area (Å²) in [7, 11) is 0. The summed E-state index contributed by atoms with van der Waals surface area (Å²) >= 11 is 0. The minimum atomic E-state index is -0.913. The number of rotatable bonds is 50. The molecule has 0 aromatic heterocycles. The molecule has 33 heteroatoms. The molecule has 0 aromatic carbocycles. The fraction of sp³-hybridized carbons (Fsp3) is 0.727. The van der Waals surface area contributed by atoms with Gasteiger partial charge in [-0.3, -0.25) is 57.5 Å². The summed E-state index contributed by atoms with van der Waals surface area (Å²) in [4.78, 5) is 164. The SMILES string of the molecule is C=CC(=O)OCCOC(=O)C(C)CC.C=CC(=O)OCCOC(=O)C(C)CC.C=CC(=O)OCCOC(=O)C(C)CC.CCC(C)C(=O)O.CCC(C)C(=O)OCCC#N.CCC(C)C(=O)OCCC#N.CCC(C)C(=O)OCCCC#N.CCC(C)C(=O)OCCCCCC(=O)O.CCC(C)C(=O)OCCCCOC(=O)C1CCCCC1C(=O)O. The number of ether oxygens (including phenoxy) is 12. The van der Waals surface area contributed by atoms with Crippen molar-refractivity contribution in [3.05, 3.63) is 38.0 Å². The van der Waals surface area contributed by atoms with E-state index in [4.69, 9.17) is 73.7 Å². The lowest BCUT2D eigenvalue weighted by Crippen LogP contribution is -2.34. The molecule has 1 fully saturated rings. The molecule has 694 valence electrons. The van der Waals surface area contributed by atoms with E-state index in [-0.39, 0.29) is 180 Å². The van der Waals surface area contributed by atoms with Crippen molar-refractivity contribution in [3.8, 4) is 18.2 Å². The normalized spacial score (nSPS) is 13.8. The number of carboxylic acid groups (broad SMARTS) is 3. The van der Waals surface area contributed by atoms with E-state index in [0.29, 0.717) is 64.8 Å². The van der Waals surface area contributed by atoms with Crippen LogP contribution in [0.2, 0.25) is 0 Å². The van der Waals surface area contributed by atoms with E-state index >= 15 is 0 Å². The Labute approximate surface area is 719 Å². The second kappa shape index (κ2) is 89.0. The number of nitriles is 3. The highest BCUT2D eigenvalue weighted by atomic mass is 16.6. The van der Waals surface area contributed by atoms with Crippen LogP contribution >= 0.6 is 0 Å². The van der Waals surface area contributed by atoms with Crippen LogP contribution in [0.15, 0.2) is 38.0 Å². The Morgan fingerprint density at radius 3 is 0.769 bits per heavy atom. The summed E-state index contributed by atoms with van der Waals surface area (Å²) in [6, 6.07) is 5.80. The molecule has 3 N–H and O–H groups in total. The first kappa shape index (κ1) is 126. The van der Waals surface area contributed by atoms with Crippen molar-refractivity contribution in [2.75, 3.05) is 79.3 Å². The van der Waals surface area contributed by atoms with E-state index in [1.165, 1.54) is 0 Å². The van der Waals surface area contributed by atoms with Crippen molar-refractivity contribution in [2.24, 2.45) is 65.1 Å². The highest BCUT2D eigenvalue weighted by molar-refractivity contribution is 5.83. The van der Waals surface area contributed by atoms with Crippen LogP contribution in [0, 0.1) is 99.1 Å². The van der Waals surface area contributed by atoms with Gasteiger partial charge in [0.2, 0.25) is 0 Å². The maximum atomic E-state index is 12.0. The van der Waals surface area contributed by atoms with Crippen LogP contribution in [-0.4, -0.2) is 184 Å². The van der Waals surface area contributed by atoms with E-state index in [0.717, 1.165) is 102 Å². The Hall–Kier alpha value is -10.3. The van der Waals surface area contributed by atoms with Gasteiger partial charge in [0.25, 0.3) is 0 Å². The highest BCUT2D eigenvalue weighted by Crippen LogP contribution is 2.31. The van der Waals surface area contributed by atoms with Gasteiger partial charge in [-0.2, -0.15) is 15.8 Å². The molecule has 1 aliphatic carbocycles. The van der Waals surface area contributed by atoms with Gasteiger partial charge in [-0.25, -0.2) is 14.4 Å². The molecule has 0 aliphatic heterocycles. The van der Waals surface area contributed by atoms with E-state index < -0.39 is 53.6 Å². The van der Waals surface area contributed by atoms with Gasteiger partial charge in [-0.1, -0.05) is 157 Å². The predicted molar refractivity (Wildman–Crippen MR) is 449 cm³/mol. The third kappa shape index (κ3) is 83.2. The van der Waals surface area contributed by atoms with Gasteiger partial charge >= 0.3 is 89.5 Å². The van der Waals surface area contributed by atoms with E-state index in [9.17, 15) is 71.9 Å². The Bertz CT molecular complexity index is 2880. The number of aliphatic carboxylic acids is 3. The van der Waals surface area contributed by atoms with Gasteiger partial charge in [0, 0.05) is 31.1 Å². The van der Waals surface area contributed by atoms with Crippen molar-refractivity contribution in [1.82, 2.24) is 0 Å². The number of esters is 12. The van der Waals surface area contributed by atoms with Gasteiger partial charge in [-0.15, -0.1) is 0 Å². The Balaban J connectivity index is -0.000000201. The van der Waals surface area contributed by atoms with Gasteiger partial charge in [0.05, 0.1) is 123 Å². The molecule has 11 unspecified atom stereocenters. The molecular formula is C88H147N3O30. The average Bonchev–Trinajstić information content (AvgIpc) is 0.850. The lowest BCUT2D eigenvalue weighted by Gasteiger charge is -2.26. The van der Waals surface area contributed by atoms with Crippen molar-refractivity contribution >= 4 is 89.5 Å². The quantitative estimate of drug-likeness (QED) is 0.0220. The summed E-state index contributed by atoms with van der Waals surface area (Å²) in [6.07, 6.45) is 18.2. The first-order valence-electron chi connectivity index (χ1n) is 41.9. The number of hydrogen-bond acceptors (Lipinski definition) is 30. The van der Waals surface area contributed by atoms with Gasteiger partial charge < -0.3 is 72.2 Å². The minimum Gasteiger partial charge on any atom is -0.481 e. The third-order valence-corrected chi connectivity index (χ3v) is 17.7. The van der Waals surface area contributed by atoms with Crippen molar-refractivity contribution in [1.29, 1.82) is 15.8 Å². The fourth-order valence-corrected chi connectivity index (χ4v) is 7.49. The molecule has 33 nitrogen and oxygen atoms in total. The van der Waals surface area contributed by atoms with Crippen LogP contribution in [0.25, 0.3) is 0 Å². The number of unbranched alkanes of at least 4 members (excludes halogenated alkanes) is 4. The van der Waals surface area contributed by atoms with Gasteiger partial charge in [0.1, 0.15) is 52.9 Å². The van der Waals surface area contributed by atoms with Crippen molar-refractivity contribution in [2.45, 2.75) is 272 Å². The number of carbonyl (C=O) groups is 15. The molecule has 0 aromatic rings. The predicted octanol–water partition coefficient (Wildman–Crippen LogP) is 14.9. The molecule has 1 saturated carbocycles. The standard InChI is InChI=1S/C17H28O6.C11H20O4.3C10H16O4.C9H15NO2.2C8H13NO2.C5H10O2/c1-3-12(2)16(20)22-10-6-7-11-23-17(21)14-9-5-4-8-13(14)15(18)19;1-3-9(2)11(14)15-8-6-4-5-7-10(12)13;3*1-4-8(3)10(12)14-7-6-13-9(11)5-2;1-3-8(2)9(11)12-7-5-4-6-10;2*1-3-7(2)8(10)11-6-4-5-9;1-3-4(2)5(6)7/h12-14H,3-11H2,1-2H3,(H,18,19);9H,3-8H2,1-2H3,(H,12,13);3*5,8H,2,4,6-7H2,1,3H3;8H,3-5,7H2,1-2H3;2*7H,3-4,6H2,1-2H3;4H,3H2,1-2H3,(H,6,7). The largest absolute Gasteiger partial charge is 0.481 e. The molecule has 0 amide bonds. The molecule has 0 radical (unpaired) electrons. The van der Waals surface area contributed by atoms with Crippen LogP contribution in [0.5, 0.6) is 0 Å². The number of carboxylic acids is 3. The van der Waals surface area contributed by atoms with E-state index in [1.807, 2.05) is 115 Å². The smallest absolute Gasteiger partial charge is 0.330 e. The van der Waals surface area contributed by atoms with Crippen LogP contribution in [0.3, 0.4) is 0 Å². The molecule has 0 spiro atoms. The zero-order valence-electron chi connectivity index (χ0n) is 75.7. The first-order valence-corrected chi connectivity index (χ1v) is 41.9. The average molecular weight is 1730 g/mol. The van der Waals surface area contributed by atoms with Gasteiger partial charge in [0.15, 0.2) is 0 Å². The van der Waals surface area contributed by atoms with Crippen molar-refractivity contribution < 1.29 is 144 Å². The third-order valence-electron chi connectivity index (χ3n) is 17.7. The number of hydrogen-bond donors (Lipinski definition) is 3. The molecule has 0 heterocycles. The zero-order valence-corrected chi connectivity index (χ0v) is 75.7. The number of nitrogens with zero attached hydrogens (tertiary/aromatic N) is 3. The lowest BCUT2D eigenvalue weighted by atomic mass is 9.79. The summed E-state index contributed by atoms with van der Waals surface area (Å²) < 4.78 is 58.2. The molecule has 121 heavy (non-hydrogen) atoms.